The maximum atomic E-state index is 13.5. The summed E-state index contributed by atoms with van der Waals surface area (Å²) in [5.41, 5.74) is 7.46. The predicted octanol–water partition coefficient (Wildman–Crippen LogP) is 2.70. The van der Waals surface area contributed by atoms with Crippen molar-refractivity contribution in [2.24, 2.45) is 5.73 Å². The highest BCUT2D eigenvalue weighted by Crippen LogP contribution is 2.14. The van der Waals surface area contributed by atoms with E-state index in [1.54, 1.807) is 37.3 Å². The molecule has 2 aromatic carbocycles. The van der Waals surface area contributed by atoms with Gasteiger partial charge in [-0.3, -0.25) is 4.79 Å². The fraction of sp³-hybridized carbons (Fsp3) is 0.118. The highest BCUT2D eigenvalue weighted by molar-refractivity contribution is 6.04. The van der Waals surface area contributed by atoms with Gasteiger partial charge in [-0.25, -0.2) is 4.39 Å². The molecule has 0 fully saturated rings. The van der Waals surface area contributed by atoms with Crippen molar-refractivity contribution in [2.45, 2.75) is 6.92 Å². The van der Waals surface area contributed by atoms with E-state index in [1.807, 2.05) is 6.07 Å². The van der Waals surface area contributed by atoms with Gasteiger partial charge in [0.2, 0.25) is 0 Å². The van der Waals surface area contributed by atoms with Crippen molar-refractivity contribution in [1.82, 2.24) is 0 Å². The molecule has 0 unspecified atom stereocenters. The summed E-state index contributed by atoms with van der Waals surface area (Å²) in [5, 5.41) is 2.72. The van der Waals surface area contributed by atoms with Crippen molar-refractivity contribution in [3.05, 3.63) is 65.0 Å². The van der Waals surface area contributed by atoms with Gasteiger partial charge in [0.1, 0.15) is 5.82 Å². The van der Waals surface area contributed by atoms with Crippen LogP contribution in [-0.4, -0.2) is 12.5 Å². The molecule has 0 saturated carbocycles. The van der Waals surface area contributed by atoms with E-state index in [1.165, 1.54) is 6.07 Å². The Morgan fingerprint density at radius 2 is 2.10 bits per heavy atom. The zero-order valence-corrected chi connectivity index (χ0v) is 11.6. The standard InChI is InChI=1S/C17H15FN2O/c1-12-7-8-14(11-16(12)18)17(21)20-15-6-2-4-13(10-15)5-3-9-19/h2,4,6-8,10-11H,9,19H2,1H3,(H,20,21). The van der Waals surface area contributed by atoms with E-state index < -0.39 is 5.82 Å². The molecule has 2 aromatic rings. The van der Waals surface area contributed by atoms with E-state index in [4.69, 9.17) is 5.73 Å². The molecule has 0 aliphatic heterocycles. The van der Waals surface area contributed by atoms with E-state index in [9.17, 15) is 9.18 Å². The average Bonchev–Trinajstić information content (AvgIpc) is 2.48. The molecule has 4 heteroatoms. The number of nitrogens with one attached hydrogen (secondary N) is 1. The van der Waals surface area contributed by atoms with Crippen LogP contribution in [-0.2, 0) is 0 Å². The third kappa shape index (κ3) is 3.91. The Balaban J connectivity index is 2.17. The second-order valence-corrected chi connectivity index (χ2v) is 4.50. The van der Waals surface area contributed by atoms with E-state index in [2.05, 4.69) is 17.2 Å². The molecule has 0 saturated heterocycles. The minimum Gasteiger partial charge on any atom is -0.322 e. The lowest BCUT2D eigenvalue weighted by Crippen LogP contribution is -2.12. The quantitative estimate of drug-likeness (QED) is 0.832. The van der Waals surface area contributed by atoms with Crippen LogP contribution in [0.1, 0.15) is 21.5 Å². The van der Waals surface area contributed by atoms with Crippen LogP contribution in [0, 0.1) is 24.6 Å². The lowest BCUT2D eigenvalue weighted by Gasteiger charge is -2.06. The number of hydrogen-bond donors (Lipinski definition) is 2. The number of carbonyl (C=O) groups excluding carboxylic acids is 1. The van der Waals surface area contributed by atoms with Gasteiger partial charge < -0.3 is 11.1 Å². The summed E-state index contributed by atoms with van der Waals surface area (Å²) in [6.07, 6.45) is 0. The van der Waals surface area contributed by atoms with Gasteiger partial charge in [-0.1, -0.05) is 24.0 Å². The minimum atomic E-state index is -0.398. The molecular formula is C17H15FN2O. The van der Waals surface area contributed by atoms with Crippen molar-refractivity contribution in [2.75, 3.05) is 11.9 Å². The topological polar surface area (TPSA) is 55.1 Å². The lowest BCUT2D eigenvalue weighted by atomic mass is 10.1. The first kappa shape index (κ1) is 14.8. The number of nitrogens with two attached hydrogens (primary N) is 1. The monoisotopic (exact) mass is 282 g/mol. The van der Waals surface area contributed by atoms with Crippen molar-refractivity contribution >= 4 is 11.6 Å². The average molecular weight is 282 g/mol. The van der Waals surface area contributed by atoms with Crippen LogP contribution in [0.2, 0.25) is 0 Å². The van der Waals surface area contributed by atoms with Crippen LogP contribution in [0.25, 0.3) is 0 Å². The Morgan fingerprint density at radius 1 is 1.29 bits per heavy atom. The van der Waals surface area contributed by atoms with Crippen molar-refractivity contribution in [1.29, 1.82) is 0 Å². The van der Waals surface area contributed by atoms with Gasteiger partial charge in [-0.15, -0.1) is 0 Å². The molecule has 0 aromatic heterocycles. The second kappa shape index (κ2) is 6.69. The fourth-order valence-electron chi connectivity index (χ4n) is 1.77. The molecule has 0 heterocycles. The SMILES string of the molecule is Cc1ccc(C(=O)Nc2cccc(C#CCN)c2)cc1F. The molecule has 0 atom stereocenters. The van der Waals surface area contributed by atoms with E-state index >= 15 is 0 Å². The van der Waals surface area contributed by atoms with E-state index in [0.29, 0.717) is 11.3 Å². The molecule has 3 nitrogen and oxygen atoms in total. The third-order valence-corrected chi connectivity index (χ3v) is 2.89. The largest absolute Gasteiger partial charge is 0.322 e. The first-order chi connectivity index (χ1) is 10.1. The molecule has 1 amide bonds. The van der Waals surface area contributed by atoms with Gasteiger partial charge in [-0.2, -0.15) is 0 Å². The highest BCUT2D eigenvalue weighted by atomic mass is 19.1. The number of anilines is 1. The Bertz CT molecular complexity index is 729. The van der Waals surface area contributed by atoms with Gasteiger partial charge in [-0.05, 0) is 42.8 Å². The van der Waals surface area contributed by atoms with E-state index in [-0.39, 0.29) is 18.0 Å². The van der Waals surface area contributed by atoms with Crippen molar-refractivity contribution in [3.8, 4) is 11.8 Å². The summed E-state index contributed by atoms with van der Waals surface area (Å²) in [7, 11) is 0. The van der Waals surface area contributed by atoms with Gasteiger partial charge in [0.15, 0.2) is 0 Å². The van der Waals surface area contributed by atoms with Crippen LogP contribution in [0.15, 0.2) is 42.5 Å². The van der Waals surface area contributed by atoms with E-state index in [0.717, 1.165) is 5.56 Å². The number of hydrogen-bond acceptors (Lipinski definition) is 2. The zero-order chi connectivity index (χ0) is 15.2. The van der Waals surface area contributed by atoms with Gasteiger partial charge in [0.25, 0.3) is 5.91 Å². The van der Waals surface area contributed by atoms with Gasteiger partial charge in [0, 0.05) is 16.8 Å². The molecule has 21 heavy (non-hydrogen) atoms. The number of carbonyl (C=O) groups is 1. The van der Waals surface area contributed by atoms with Gasteiger partial charge >= 0.3 is 0 Å². The van der Waals surface area contributed by atoms with Crippen LogP contribution >= 0.6 is 0 Å². The zero-order valence-electron chi connectivity index (χ0n) is 11.6. The molecule has 0 aliphatic carbocycles. The van der Waals surface area contributed by atoms with Crippen LogP contribution in [0.5, 0.6) is 0 Å². The summed E-state index contributed by atoms with van der Waals surface area (Å²) >= 11 is 0. The summed E-state index contributed by atoms with van der Waals surface area (Å²) in [5.74, 6) is 4.87. The van der Waals surface area contributed by atoms with Crippen molar-refractivity contribution in [3.63, 3.8) is 0 Å². The number of aryl methyl sites for hydroxylation is 1. The molecule has 0 aliphatic rings. The lowest BCUT2D eigenvalue weighted by molar-refractivity contribution is 0.102. The number of rotatable bonds is 2. The minimum absolute atomic E-state index is 0.275. The summed E-state index contributed by atoms with van der Waals surface area (Å²) in [6.45, 7) is 1.93. The number of halogens is 1. The number of benzene rings is 2. The molecule has 0 bridgehead atoms. The summed E-state index contributed by atoms with van der Waals surface area (Å²) in [6, 6.07) is 11.5. The summed E-state index contributed by atoms with van der Waals surface area (Å²) in [4.78, 5) is 12.1. The summed E-state index contributed by atoms with van der Waals surface area (Å²) < 4.78 is 13.5. The Kier molecular flexibility index (Phi) is 4.70. The first-order valence-corrected chi connectivity index (χ1v) is 6.46. The molecule has 0 spiro atoms. The third-order valence-electron chi connectivity index (χ3n) is 2.89. The molecule has 106 valence electrons. The Hall–Kier alpha value is -2.64. The van der Waals surface area contributed by atoms with Crippen LogP contribution in [0.3, 0.4) is 0 Å². The highest BCUT2D eigenvalue weighted by Gasteiger charge is 2.08. The molecule has 2 rings (SSSR count). The van der Waals surface area contributed by atoms with Crippen LogP contribution in [0.4, 0.5) is 10.1 Å². The Morgan fingerprint density at radius 3 is 2.81 bits per heavy atom. The normalized spacial score (nSPS) is 9.67. The molecule has 3 N–H and O–H groups in total. The van der Waals surface area contributed by atoms with Gasteiger partial charge in [0.05, 0.1) is 6.54 Å². The molecule has 0 radical (unpaired) electrons. The first-order valence-electron chi connectivity index (χ1n) is 6.46. The predicted molar refractivity (Wildman–Crippen MR) is 81.5 cm³/mol. The van der Waals surface area contributed by atoms with Crippen molar-refractivity contribution < 1.29 is 9.18 Å². The van der Waals surface area contributed by atoms with Crippen LogP contribution < -0.4 is 11.1 Å². The maximum Gasteiger partial charge on any atom is 0.255 e. The molecular weight excluding hydrogens is 267 g/mol. The number of amides is 1. The Labute approximate surface area is 123 Å². The smallest absolute Gasteiger partial charge is 0.255 e. The maximum absolute atomic E-state index is 13.5. The fourth-order valence-corrected chi connectivity index (χ4v) is 1.77. The second-order valence-electron chi connectivity index (χ2n) is 4.50.